The average molecular weight is 542 g/mol. The molecule has 0 spiro atoms. The van der Waals surface area contributed by atoms with E-state index in [1.165, 1.54) is 16.7 Å². The van der Waals surface area contributed by atoms with Crippen LogP contribution in [0.15, 0.2) is 59.1 Å². The minimum atomic E-state index is -1.27. The molecule has 1 fully saturated rings. The molecular formula is C24H21K2N3O5S. The van der Waals surface area contributed by atoms with Crippen LogP contribution < -0.4 is 103 Å². The summed E-state index contributed by atoms with van der Waals surface area (Å²) in [5.74, 6) is -1.62. The van der Waals surface area contributed by atoms with Crippen LogP contribution in [0.3, 0.4) is 0 Å². The number of rotatable bonds is 7. The molecule has 1 saturated heterocycles. The maximum Gasteiger partial charge on any atom is 1.00 e. The van der Waals surface area contributed by atoms with Crippen LogP contribution in [0.1, 0.15) is 56.6 Å². The second kappa shape index (κ2) is 12.9. The second-order valence-electron chi connectivity index (χ2n) is 7.94. The van der Waals surface area contributed by atoms with Crippen molar-refractivity contribution in [3.05, 3.63) is 81.4 Å². The molecule has 2 heterocycles. The molecular weight excluding hydrogens is 521 g/mol. The largest absolute Gasteiger partial charge is 1.00 e. The van der Waals surface area contributed by atoms with Crippen molar-refractivity contribution < 1.29 is 131 Å². The maximum atomic E-state index is 12.4. The number of carbonyl (C=O) groups excluding carboxylic acids is 1. The first kappa shape index (κ1) is 30.9. The number of hydrogen-bond acceptors (Lipinski definition) is 7. The number of hydrogen-bond donors (Lipinski definition) is 3. The van der Waals surface area contributed by atoms with Crippen LogP contribution in [0.2, 0.25) is 0 Å². The first-order valence-corrected chi connectivity index (χ1v) is 10.9. The predicted molar refractivity (Wildman–Crippen MR) is 120 cm³/mol. The van der Waals surface area contributed by atoms with E-state index in [-0.39, 0.29) is 136 Å². The van der Waals surface area contributed by atoms with E-state index in [0.29, 0.717) is 27.2 Å². The molecule has 2 aliphatic rings. The van der Waals surface area contributed by atoms with Gasteiger partial charge < -0.3 is 18.2 Å². The normalized spacial score (nSPS) is 19.8. The summed E-state index contributed by atoms with van der Waals surface area (Å²) in [6, 6.07) is 16.8. The number of nitriles is 2. The zero-order valence-electron chi connectivity index (χ0n) is 21.3. The molecule has 1 unspecified atom stereocenters. The molecule has 0 bridgehead atoms. The predicted octanol–water partition coefficient (Wildman–Crippen LogP) is -2.82. The number of amides is 1. The third-order valence-electron chi connectivity index (χ3n) is 5.83. The smallest absolute Gasteiger partial charge is 1.00 e. The summed E-state index contributed by atoms with van der Waals surface area (Å²) >= 11 is 1.19. The van der Waals surface area contributed by atoms with E-state index < -0.39 is 23.0 Å². The van der Waals surface area contributed by atoms with Crippen LogP contribution in [0.25, 0.3) is 0 Å². The van der Waals surface area contributed by atoms with Gasteiger partial charge in [0.15, 0.2) is 0 Å². The topological polar surface area (TPSA) is 146 Å². The van der Waals surface area contributed by atoms with Crippen LogP contribution in [0, 0.1) is 22.7 Å². The molecule has 11 heteroatoms. The number of nitrogens with zero attached hydrogens (tertiary/aromatic N) is 3. The van der Waals surface area contributed by atoms with Gasteiger partial charge in [0.05, 0.1) is 41.9 Å². The number of fused-ring (bicyclic) bond motifs is 1. The van der Waals surface area contributed by atoms with Crippen molar-refractivity contribution in [2.75, 3.05) is 0 Å². The minimum absolute atomic E-state index is 0. The number of β-lactam (4-membered cyclic amide) rings is 1. The van der Waals surface area contributed by atoms with Crippen LogP contribution >= 0.6 is 11.8 Å². The van der Waals surface area contributed by atoms with Crippen molar-refractivity contribution in [2.45, 2.75) is 36.3 Å². The molecule has 2 aliphatic heterocycles. The molecule has 3 N–H and O–H groups in total. The average Bonchev–Trinajstić information content (AvgIpc) is 3.06. The summed E-state index contributed by atoms with van der Waals surface area (Å²) in [5, 5.41) is 49.2. The molecule has 2 aromatic carbocycles. The number of thioether (sulfide) groups is 1. The van der Waals surface area contributed by atoms with Gasteiger partial charge in [0.2, 0.25) is 5.91 Å². The zero-order chi connectivity index (χ0) is 23.8. The van der Waals surface area contributed by atoms with Crippen molar-refractivity contribution in [2.24, 2.45) is 0 Å². The quantitative estimate of drug-likeness (QED) is 0.251. The molecule has 35 heavy (non-hydrogen) atoms. The summed E-state index contributed by atoms with van der Waals surface area (Å²) in [7, 11) is 0. The zero-order valence-corrected chi connectivity index (χ0v) is 26.4. The Bertz CT molecular complexity index is 1250. The summed E-state index contributed by atoms with van der Waals surface area (Å²) < 4.78 is 0. The van der Waals surface area contributed by atoms with E-state index in [2.05, 4.69) is 0 Å². The van der Waals surface area contributed by atoms with Gasteiger partial charge in [-0.2, -0.15) is 10.5 Å². The monoisotopic (exact) mass is 541 g/mol. The van der Waals surface area contributed by atoms with Gasteiger partial charge in [0.1, 0.15) is 10.6 Å². The summed E-state index contributed by atoms with van der Waals surface area (Å²) in [5.41, 5.74) is 1.81. The fourth-order valence-corrected chi connectivity index (χ4v) is 5.87. The Kier molecular flexibility index (Phi) is 11.4. The molecule has 3 atom stereocenters. The molecule has 2 aromatic rings. The summed E-state index contributed by atoms with van der Waals surface area (Å²) in [6.07, 6.45) is -1.85. The van der Waals surface area contributed by atoms with E-state index in [4.69, 9.17) is 10.5 Å². The molecule has 170 valence electrons. The van der Waals surface area contributed by atoms with Crippen molar-refractivity contribution in [3.63, 3.8) is 0 Å². The molecule has 0 saturated carbocycles. The second-order valence-corrected chi connectivity index (χ2v) is 9.40. The van der Waals surface area contributed by atoms with Gasteiger partial charge in [0, 0.05) is 17.7 Å². The molecule has 4 rings (SSSR count). The first-order chi connectivity index (χ1) is 15.8. The van der Waals surface area contributed by atoms with Gasteiger partial charge >= 0.3 is 109 Å². The molecule has 1 amide bonds. The van der Waals surface area contributed by atoms with Gasteiger partial charge in [-0.25, -0.2) is 4.79 Å². The Morgan fingerprint density at radius 1 is 1.00 bits per heavy atom. The third-order valence-corrected chi connectivity index (χ3v) is 7.31. The fourth-order valence-electron chi connectivity index (χ4n) is 4.17. The Labute approximate surface area is 294 Å². The number of carboxylic acid groups (broad SMARTS) is 1. The first-order valence-electron chi connectivity index (χ1n) is 10.1. The fraction of sp³-hybridized carbons (Fsp3) is 0.250. The van der Waals surface area contributed by atoms with Crippen LogP contribution in [-0.4, -0.2) is 37.0 Å². The van der Waals surface area contributed by atoms with E-state index in [0.717, 1.165) is 0 Å². The molecule has 8 nitrogen and oxygen atoms in total. The van der Waals surface area contributed by atoms with E-state index >= 15 is 0 Å². The van der Waals surface area contributed by atoms with Gasteiger partial charge in [0.25, 0.3) is 0 Å². The molecule has 0 radical (unpaired) electrons. The van der Waals surface area contributed by atoms with Gasteiger partial charge in [-0.3, -0.25) is 9.69 Å². The van der Waals surface area contributed by atoms with Crippen LogP contribution in [0.4, 0.5) is 0 Å². The van der Waals surface area contributed by atoms with Crippen molar-refractivity contribution in [3.8, 4) is 12.1 Å². The summed E-state index contributed by atoms with van der Waals surface area (Å²) in [4.78, 5) is 25.1. The number of aliphatic carboxylic acids is 1. The number of aliphatic hydroxyl groups is 2. The van der Waals surface area contributed by atoms with Gasteiger partial charge in [-0.15, -0.1) is 0 Å². The minimum Gasteiger partial charge on any atom is -1.00 e. The van der Waals surface area contributed by atoms with Crippen LogP contribution in [-0.2, 0) is 9.59 Å². The van der Waals surface area contributed by atoms with Crippen molar-refractivity contribution >= 4 is 23.6 Å². The Balaban J connectivity index is 0.00000324. The summed E-state index contributed by atoms with van der Waals surface area (Å²) in [6.45, 7) is 0. The maximum absolute atomic E-state index is 12.4. The van der Waals surface area contributed by atoms with E-state index in [1.807, 2.05) is 12.1 Å². The number of carboxylic acids is 1. The van der Waals surface area contributed by atoms with Crippen molar-refractivity contribution in [1.82, 2.24) is 4.90 Å². The standard InChI is InChI=1S/C24H19N3O5S.2K.2H/c25-12-14-1-5-16(6-2-14)18(28)9-20-22(23(31)32)27-21(30)11-24(27,33-20)10-19(29)17-7-3-15(13-26)4-8-17;;;;/h1-8,18-19,28-29H,9-11H2,(H,31,32);;;;/q;2*+1;2*-1/t18-,19-,24?;;;;/m0..../s1. The Morgan fingerprint density at radius 2 is 1.49 bits per heavy atom. The van der Waals surface area contributed by atoms with Gasteiger partial charge in [-0.1, -0.05) is 36.0 Å². The number of benzene rings is 2. The van der Waals surface area contributed by atoms with E-state index in [9.17, 15) is 24.9 Å². The molecule has 0 aromatic heterocycles. The Hall–Kier alpha value is -0.357. The van der Waals surface area contributed by atoms with Crippen LogP contribution in [0.5, 0.6) is 0 Å². The molecule has 0 aliphatic carbocycles. The SMILES string of the molecule is N#Cc1ccc([C@@H](O)CC2=C(C(=O)O)N3C(=O)CC3(C[C@H](O)c3ccc(C#N)cc3)S2)cc1.[H-].[H-].[K+].[K+]. The number of aliphatic hydroxyl groups excluding tert-OH is 2. The van der Waals surface area contributed by atoms with Crippen molar-refractivity contribution in [1.29, 1.82) is 10.5 Å². The Morgan fingerprint density at radius 3 is 1.91 bits per heavy atom. The van der Waals surface area contributed by atoms with E-state index in [1.54, 1.807) is 48.5 Å². The van der Waals surface area contributed by atoms with Gasteiger partial charge in [-0.05, 0) is 35.4 Å². The number of carbonyl (C=O) groups is 2. The third kappa shape index (κ3) is 6.38.